The topological polar surface area (TPSA) is 76.7 Å². The lowest BCUT2D eigenvalue weighted by Gasteiger charge is -2.10. The Balaban J connectivity index is 1.76. The van der Waals surface area contributed by atoms with E-state index >= 15 is 0 Å². The first-order valence-electron chi connectivity index (χ1n) is 8.58. The average Bonchev–Trinajstić information content (AvgIpc) is 2.66. The third kappa shape index (κ3) is 5.81. The second kappa shape index (κ2) is 10.1. The quantitative estimate of drug-likeness (QED) is 0.676. The van der Waals surface area contributed by atoms with E-state index in [2.05, 4.69) is 10.6 Å². The van der Waals surface area contributed by atoms with Crippen molar-refractivity contribution >= 4 is 17.5 Å². The Kier molecular flexibility index (Phi) is 7.49. The minimum absolute atomic E-state index is 0.109. The molecule has 0 saturated carbocycles. The summed E-state index contributed by atoms with van der Waals surface area (Å²) in [4.78, 5) is 24.2. The predicted octanol–water partition coefficient (Wildman–Crippen LogP) is 3.24. The lowest BCUT2D eigenvalue weighted by molar-refractivity contribution is -0.116. The SMILES string of the molecule is CCOc1ccccc1C(=O)NCCCC(=O)Nc1cccc(OC)c1. The first kappa shape index (κ1) is 19.3. The number of hydrogen-bond acceptors (Lipinski definition) is 4. The van der Waals surface area contributed by atoms with E-state index in [-0.39, 0.29) is 11.8 Å². The molecule has 0 aromatic heterocycles. The minimum atomic E-state index is -0.206. The normalized spacial score (nSPS) is 10.1. The highest BCUT2D eigenvalue weighted by Gasteiger charge is 2.11. The van der Waals surface area contributed by atoms with Crippen LogP contribution < -0.4 is 20.1 Å². The molecule has 0 fully saturated rings. The van der Waals surface area contributed by atoms with E-state index in [1.807, 2.05) is 25.1 Å². The Morgan fingerprint density at radius 1 is 1.08 bits per heavy atom. The lowest BCUT2D eigenvalue weighted by Crippen LogP contribution is -2.26. The number of benzene rings is 2. The number of carbonyl (C=O) groups is 2. The number of methoxy groups -OCH3 is 1. The van der Waals surface area contributed by atoms with E-state index < -0.39 is 0 Å². The van der Waals surface area contributed by atoms with Crippen LogP contribution in [0.25, 0.3) is 0 Å². The summed E-state index contributed by atoms with van der Waals surface area (Å²) in [5.41, 5.74) is 1.18. The Hall–Kier alpha value is -3.02. The third-order valence-corrected chi connectivity index (χ3v) is 3.65. The van der Waals surface area contributed by atoms with E-state index in [4.69, 9.17) is 9.47 Å². The van der Waals surface area contributed by atoms with Gasteiger partial charge >= 0.3 is 0 Å². The Bertz CT molecular complexity index is 746. The highest BCUT2D eigenvalue weighted by atomic mass is 16.5. The Morgan fingerprint density at radius 2 is 1.88 bits per heavy atom. The maximum atomic E-state index is 12.2. The van der Waals surface area contributed by atoms with Crippen molar-refractivity contribution in [1.29, 1.82) is 0 Å². The Morgan fingerprint density at radius 3 is 2.65 bits per heavy atom. The van der Waals surface area contributed by atoms with Crippen LogP contribution in [0.2, 0.25) is 0 Å². The molecule has 26 heavy (non-hydrogen) atoms. The van der Waals surface area contributed by atoms with Crippen LogP contribution in [0.1, 0.15) is 30.1 Å². The molecule has 0 aliphatic rings. The number of para-hydroxylation sites is 1. The van der Waals surface area contributed by atoms with Crippen LogP contribution in [-0.4, -0.2) is 32.1 Å². The van der Waals surface area contributed by atoms with Gasteiger partial charge in [0.2, 0.25) is 5.91 Å². The summed E-state index contributed by atoms with van der Waals surface area (Å²) in [6, 6.07) is 14.3. The standard InChI is InChI=1S/C20H24N2O4/c1-3-26-18-11-5-4-10-17(18)20(24)21-13-7-12-19(23)22-15-8-6-9-16(14-15)25-2/h4-6,8-11,14H,3,7,12-13H2,1-2H3,(H,21,24)(H,22,23). The van der Waals surface area contributed by atoms with Gasteiger partial charge in [0, 0.05) is 24.7 Å². The molecule has 2 aromatic carbocycles. The molecular formula is C20H24N2O4. The van der Waals surface area contributed by atoms with Gasteiger partial charge in [0.15, 0.2) is 0 Å². The van der Waals surface area contributed by atoms with Gasteiger partial charge in [-0.1, -0.05) is 18.2 Å². The summed E-state index contributed by atoms with van der Waals surface area (Å²) in [5.74, 6) is 0.927. The summed E-state index contributed by atoms with van der Waals surface area (Å²) in [6.45, 7) is 2.77. The molecule has 0 spiro atoms. The number of hydrogen-bond donors (Lipinski definition) is 2. The maximum absolute atomic E-state index is 12.2. The Labute approximate surface area is 153 Å². The summed E-state index contributed by atoms with van der Waals surface area (Å²) >= 11 is 0. The van der Waals surface area contributed by atoms with Crippen molar-refractivity contribution in [2.75, 3.05) is 25.6 Å². The van der Waals surface area contributed by atoms with Crippen molar-refractivity contribution in [3.63, 3.8) is 0 Å². The first-order valence-corrected chi connectivity index (χ1v) is 8.58. The molecule has 2 amide bonds. The van der Waals surface area contributed by atoms with Crippen LogP contribution in [-0.2, 0) is 4.79 Å². The van der Waals surface area contributed by atoms with Gasteiger partial charge in [-0.3, -0.25) is 9.59 Å². The molecule has 0 heterocycles. The smallest absolute Gasteiger partial charge is 0.255 e. The van der Waals surface area contributed by atoms with Gasteiger partial charge < -0.3 is 20.1 Å². The molecule has 6 nitrogen and oxygen atoms in total. The van der Waals surface area contributed by atoms with E-state index in [1.54, 1.807) is 37.4 Å². The molecule has 0 atom stereocenters. The molecule has 0 aliphatic carbocycles. The molecule has 2 N–H and O–H groups in total. The van der Waals surface area contributed by atoms with Gasteiger partial charge in [-0.15, -0.1) is 0 Å². The van der Waals surface area contributed by atoms with Gasteiger partial charge in [0.25, 0.3) is 5.91 Å². The van der Waals surface area contributed by atoms with Crippen LogP contribution in [0.5, 0.6) is 11.5 Å². The number of rotatable bonds is 9. The zero-order valence-corrected chi connectivity index (χ0v) is 15.1. The average molecular weight is 356 g/mol. The highest BCUT2D eigenvalue weighted by Crippen LogP contribution is 2.18. The summed E-state index contributed by atoms with van der Waals surface area (Å²) in [5, 5.41) is 5.63. The van der Waals surface area contributed by atoms with Crippen molar-refractivity contribution in [2.24, 2.45) is 0 Å². The van der Waals surface area contributed by atoms with E-state index in [0.29, 0.717) is 48.7 Å². The van der Waals surface area contributed by atoms with Crippen LogP contribution in [0.4, 0.5) is 5.69 Å². The van der Waals surface area contributed by atoms with Crippen molar-refractivity contribution in [1.82, 2.24) is 5.32 Å². The highest BCUT2D eigenvalue weighted by molar-refractivity contribution is 5.97. The molecule has 0 aliphatic heterocycles. The number of carbonyl (C=O) groups excluding carboxylic acids is 2. The number of amides is 2. The molecule has 0 saturated heterocycles. The van der Waals surface area contributed by atoms with E-state index in [1.165, 1.54) is 0 Å². The second-order valence-corrected chi connectivity index (χ2v) is 5.57. The predicted molar refractivity (Wildman–Crippen MR) is 101 cm³/mol. The summed E-state index contributed by atoms with van der Waals surface area (Å²) < 4.78 is 10.6. The fourth-order valence-corrected chi connectivity index (χ4v) is 2.41. The third-order valence-electron chi connectivity index (χ3n) is 3.65. The van der Waals surface area contributed by atoms with Crippen molar-refractivity contribution in [3.8, 4) is 11.5 Å². The largest absolute Gasteiger partial charge is 0.497 e. The fraction of sp³-hybridized carbons (Fsp3) is 0.300. The summed E-state index contributed by atoms with van der Waals surface area (Å²) in [7, 11) is 1.58. The number of ether oxygens (including phenoxy) is 2. The fourth-order valence-electron chi connectivity index (χ4n) is 2.41. The van der Waals surface area contributed by atoms with E-state index in [9.17, 15) is 9.59 Å². The molecule has 6 heteroatoms. The second-order valence-electron chi connectivity index (χ2n) is 5.57. The molecule has 0 unspecified atom stereocenters. The molecule has 138 valence electrons. The molecule has 2 aromatic rings. The molecule has 2 rings (SSSR count). The first-order chi connectivity index (χ1) is 12.6. The van der Waals surface area contributed by atoms with Gasteiger partial charge in [-0.05, 0) is 37.6 Å². The van der Waals surface area contributed by atoms with Crippen LogP contribution in [0.15, 0.2) is 48.5 Å². The maximum Gasteiger partial charge on any atom is 0.255 e. The van der Waals surface area contributed by atoms with Gasteiger partial charge in [0.1, 0.15) is 11.5 Å². The zero-order chi connectivity index (χ0) is 18.8. The van der Waals surface area contributed by atoms with Crippen LogP contribution in [0, 0.1) is 0 Å². The zero-order valence-electron chi connectivity index (χ0n) is 15.1. The van der Waals surface area contributed by atoms with Gasteiger partial charge in [0.05, 0.1) is 19.3 Å². The summed E-state index contributed by atoms with van der Waals surface area (Å²) in [6.07, 6.45) is 0.850. The van der Waals surface area contributed by atoms with E-state index in [0.717, 1.165) is 0 Å². The van der Waals surface area contributed by atoms with Crippen LogP contribution in [0.3, 0.4) is 0 Å². The monoisotopic (exact) mass is 356 g/mol. The van der Waals surface area contributed by atoms with Crippen molar-refractivity contribution < 1.29 is 19.1 Å². The number of anilines is 1. The van der Waals surface area contributed by atoms with Gasteiger partial charge in [-0.2, -0.15) is 0 Å². The van der Waals surface area contributed by atoms with Gasteiger partial charge in [-0.25, -0.2) is 0 Å². The molecule has 0 radical (unpaired) electrons. The van der Waals surface area contributed by atoms with Crippen molar-refractivity contribution in [2.45, 2.75) is 19.8 Å². The van der Waals surface area contributed by atoms with Crippen molar-refractivity contribution in [3.05, 3.63) is 54.1 Å². The molecular weight excluding hydrogens is 332 g/mol. The number of nitrogens with one attached hydrogen (secondary N) is 2. The molecule has 0 bridgehead atoms. The lowest BCUT2D eigenvalue weighted by atomic mass is 10.2. The van der Waals surface area contributed by atoms with Crippen LogP contribution >= 0.6 is 0 Å². The minimum Gasteiger partial charge on any atom is -0.497 e.